The Balaban J connectivity index is 1.30. The molecule has 0 saturated carbocycles. The average molecular weight is 727 g/mol. The van der Waals surface area contributed by atoms with E-state index in [2.05, 4.69) is 174 Å². The van der Waals surface area contributed by atoms with Gasteiger partial charge in [0.15, 0.2) is 17.5 Å². The molecule has 2 aromatic heterocycles. The van der Waals surface area contributed by atoms with Gasteiger partial charge in [0.05, 0.1) is 16.7 Å². The minimum atomic E-state index is 0.620. The first-order valence-corrected chi connectivity index (χ1v) is 19.3. The zero-order valence-electron chi connectivity index (χ0n) is 30.9. The molecule has 11 aromatic rings. The maximum absolute atomic E-state index is 5.28. The van der Waals surface area contributed by atoms with Gasteiger partial charge < -0.3 is 4.57 Å². The molecule has 0 aliphatic rings. The maximum Gasteiger partial charge on any atom is 0.164 e. The molecule has 9 aromatic carbocycles. The molecular weight excluding hydrogens is 693 g/mol. The summed E-state index contributed by atoms with van der Waals surface area (Å²) in [6.07, 6.45) is 0. The van der Waals surface area contributed by atoms with Crippen LogP contribution < -0.4 is 0 Å². The van der Waals surface area contributed by atoms with Crippen molar-refractivity contribution in [2.45, 2.75) is 0 Å². The van der Waals surface area contributed by atoms with Gasteiger partial charge in [0.2, 0.25) is 0 Å². The van der Waals surface area contributed by atoms with Gasteiger partial charge in [-0.2, -0.15) is 0 Å². The quantitative estimate of drug-likeness (QED) is 0.171. The smallest absolute Gasteiger partial charge is 0.164 e. The highest BCUT2D eigenvalue weighted by Crippen LogP contribution is 2.45. The van der Waals surface area contributed by atoms with E-state index in [1.165, 1.54) is 21.5 Å². The number of nitrogens with zero attached hydrogens (tertiary/aromatic N) is 4. The number of benzene rings is 9. The van der Waals surface area contributed by atoms with Crippen LogP contribution in [0.4, 0.5) is 0 Å². The normalized spacial score (nSPS) is 11.5. The third-order valence-electron chi connectivity index (χ3n) is 11.0. The number of rotatable bonds is 6. The molecule has 0 saturated heterocycles. The van der Waals surface area contributed by atoms with E-state index >= 15 is 0 Å². The molecule has 0 amide bonds. The third kappa shape index (κ3) is 5.66. The molecule has 0 bridgehead atoms. The molecule has 57 heavy (non-hydrogen) atoms. The van der Waals surface area contributed by atoms with Crippen LogP contribution in [0, 0.1) is 0 Å². The van der Waals surface area contributed by atoms with Crippen LogP contribution in [-0.4, -0.2) is 19.5 Å². The Morgan fingerprint density at radius 2 is 0.807 bits per heavy atom. The molecule has 0 aliphatic heterocycles. The zero-order chi connectivity index (χ0) is 37.7. The van der Waals surface area contributed by atoms with Crippen LogP contribution in [0.3, 0.4) is 0 Å². The zero-order valence-corrected chi connectivity index (χ0v) is 30.9. The summed E-state index contributed by atoms with van der Waals surface area (Å²) in [6.45, 7) is 0. The summed E-state index contributed by atoms with van der Waals surface area (Å²) in [6, 6.07) is 73.0. The van der Waals surface area contributed by atoms with E-state index in [0.29, 0.717) is 17.5 Å². The van der Waals surface area contributed by atoms with Crippen molar-refractivity contribution in [3.8, 4) is 62.1 Å². The van der Waals surface area contributed by atoms with Gasteiger partial charge in [-0.15, -0.1) is 0 Å². The van der Waals surface area contributed by atoms with Crippen LogP contribution in [0.1, 0.15) is 0 Å². The molecule has 2 heterocycles. The molecule has 4 heteroatoms. The highest BCUT2D eigenvalue weighted by Gasteiger charge is 2.23. The number of hydrogen-bond acceptors (Lipinski definition) is 3. The molecule has 0 spiro atoms. The molecule has 266 valence electrons. The van der Waals surface area contributed by atoms with Crippen LogP contribution in [0.25, 0.3) is 105 Å². The predicted octanol–water partition coefficient (Wildman–Crippen LogP) is 13.6. The second-order valence-corrected chi connectivity index (χ2v) is 14.4. The van der Waals surface area contributed by atoms with Crippen LogP contribution in [0.5, 0.6) is 0 Å². The molecule has 0 radical (unpaired) electrons. The molecule has 0 unspecified atom stereocenters. The van der Waals surface area contributed by atoms with Gasteiger partial charge in [0.1, 0.15) is 0 Å². The highest BCUT2D eigenvalue weighted by molar-refractivity contribution is 6.16. The Bertz CT molecular complexity index is 3210. The molecule has 0 aliphatic carbocycles. The number of para-hydroxylation sites is 1. The maximum atomic E-state index is 5.28. The number of fused-ring (bicyclic) bond motifs is 5. The number of aromatic nitrogens is 4. The summed E-state index contributed by atoms with van der Waals surface area (Å²) >= 11 is 0. The lowest BCUT2D eigenvalue weighted by Gasteiger charge is -2.21. The van der Waals surface area contributed by atoms with Crippen molar-refractivity contribution in [1.29, 1.82) is 0 Å². The first-order valence-electron chi connectivity index (χ1n) is 19.3. The van der Waals surface area contributed by atoms with Gasteiger partial charge in [-0.25, -0.2) is 15.0 Å². The van der Waals surface area contributed by atoms with Crippen molar-refractivity contribution in [3.63, 3.8) is 0 Å². The molecule has 0 atom stereocenters. The van der Waals surface area contributed by atoms with E-state index in [1.54, 1.807) is 0 Å². The van der Waals surface area contributed by atoms with Crippen molar-refractivity contribution in [2.75, 3.05) is 0 Å². The fourth-order valence-electron chi connectivity index (χ4n) is 8.31. The second-order valence-electron chi connectivity index (χ2n) is 14.4. The van der Waals surface area contributed by atoms with E-state index in [0.717, 1.165) is 66.4 Å². The second kappa shape index (κ2) is 13.6. The molecule has 4 nitrogen and oxygen atoms in total. The molecule has 0 fully saturated rings. The molecule has 0 N–H and O–H groups in total. The summed E-state index contributed by atoms with van der Waals surface area (Å²) in [5.74, 6) is 1.88. The van der Waals surface area contributed by atoms with Crippen molar-refractivity contribution in [3.05, 3.63) is 206 Å². The van der Waals surface area contributed by atoms with E-state index in [4.69, 9.17) is 15.0 Å². The monoisotopic (exact) mass is 726 g/mol. The highest BCUT2D eigenvalue weighted by atomic mass is 15.0. The minimum absolute atomic E-state index is 0.620. The Labute approximate surface area is 330 Å². The number of hydrogen-bond donors (Lipinski definition) is 0. The Kier molecular flexibility index (Phi) is 7.78. The van der Waals surface area contributed by atoms with Gasteiger partial charge in [0.25, 0.3) is 0 Å². The van der Waals surface area contributed by atoms with E-state index in [9.17, 15) is 0 Å². The topological polar surface area (TPSA) is 43.6 Å². The third-order valence-corrected chi connectivity index (χ3v) is 11.0. The van der Waals surface area contributed by atoms with Crippen molar-refractivity contribution >= 4 is 43.4 Å². The first-order chi connectivity index (χ1) is 28.3. The van der Waals surface area contributed by atoms with Crippen molar-refractivity contribution in [2.24, 2.45) is 0 Å². The van der Waals surface area contributed by atoms with Gasteiger partial charge in [-0.1, -0.05) is 176 Å². The van der Waals surface area contributed by atoms with Gasteiger partial charge >= 0.3 is 0 Å². The Morgan fingerprint density at radius 3 is 1.46 bits per heavy atom. The fraction of sp³-hybridized carbons (Fsp3) is 0. The van der Waals surface area contributed by atoms with Crippen LogP contribution >= 0.6 is 0 Å². The van der Waals surface area contributed by atoms with Crippen molar-refractivity contribution < 1.29 is 0 Å². The first kappa shape index (κ1) is 32.7. The van der Waals surface area contributed by atoms with Crippen LogP contribution in [0.2, 0.25) is 0 Å². The van der Waals surface area contributed by atoms with Gasteiger partial charge in [-0.05, 0) is 63.2 Å². The summed E-state index contributed by atoms with van der Waals surface area (Å²) in [5, 5.41) is 7.02. The lowest BCUT2D eigenvalue weighted by atomic mass is 9.91. The minimum Gasteiger partial charge on any atom is -0.308 e. The SMILES string of the molecule is c1ccc(-c2ccc3c(-n4c5ccccc5c5cc6ccccc6cc54)c(-c4ccccc4)cc(-c4nc(-c5ccccc5)nc(-c5ccccc5)n4)c3c2)cc1. The molecule has 11 rings (SSSR count). The van der Waals surface area contributed by atoms with Crippen LogP contribution in [0.15, 0.2) is 206 Å². The van der Waals surface area contributed by atoms with Gasteiger partial charge in [0, 0.05) is 38.4 Å². The van der Waals surface area contributed by atoms with E-state index in [1.807, 2.05) is 36.4 Å². The summed E-state index contributed by atoms with van der Waals surface area (Å²) in [5.41, 5.74) is 10.7. The summed E-state index contributed by atoms with van der Waals surface area (Å²) < 4.78 is 2.48. The Morgan fingerprint density at radius 1 is 0.281 bits per heavy atom. The van der Waals surface area contributed by atoms with Crippen LogP contribution in [-0.2, 0) is 0 Å². The predicted molar refractivity (Wildman–Crippen MR) is 236 cm³/mol. The summed E-state index contributed by atoms with van der Waals surface area (Å²) in [4.78, 5) is 15.6. The average Bonchev–Trinajstić information content (AvgIpc) is 3.61. The van der Waals surface area contributed by atoms with E-state index < -0.39 is 0 Å². The lowest BCUT2D eigenvalue weighted by molar-refractivity contribution is 1.08. The van der Waals surface area contributed by atoms with E-state index in [-0.39, 0.29) is 0 Å². The van der Waals surface area contributed by atoms with Gasteiger partial charge in [-0.3, -0.25) is 0 Å². The fourth-order valence-corrected chi connectivity index (χ4v) is 8.31. The largest absolute Gasteiger partial charge is 0.308 e. The lowest BCUT2D eigenvalue weighted by Crippen LogP contribution is -2.03. The standard InChI is InChI=1S/C53H34N4/c1-5-17-35(18-6-1)41-29-30-43-45(31-41)47(53-55-51(37-21-9-3-10-22-37)54-52(56-53)38-23-11-4-12-24-38)34-44(36-19-7-2-8-20-36)50(43)57-48-28-16-15-27-42(48)46-32-39-25-13-14-26-40(39)33-49(46)57/h1-34H. The Hall–Kier alpha value is -7.69. The van der Waals surface area contributed by atoms with Crippen molar-refractivity contribution in [1.82, 2.24) is 19.5 Å². The molecular formula is C53H34N4. The summed E-state index contributed by atoms with van der Waals surface area (Å²) in [7, 11) is 0.